The minimum Gasteiger partial charge on any atom is -0.480 e. The van der Waals surface area contributed by atoms with E-state index in [-0.39, 0.29) is 18.1 Å². The number of nitrogens with zero attached hydrogens (tertiary/aromatic N) is 4. The van der Waals surface area contributed by atoms with Gasteiger partial charge in [0.25, 0.3) is 0 Å². The van der Waals surface area contributed by atoms with Crippen molar-refractivity contribution in [3.63, 3.8) is 0 Å². The number of fused-ring (bicyclic) bond motifs is 2. The van der Waals surface area contributed by atoms with E-state index in [0.717, 1.165) is 79.5 Å². The van der Waals surface area contributed by atoms with Gasteiger partial charge in [-0.15, -0.1) is 0 Å². The van der Waals surface area contributed by atoms with Crippen molar-refractivity contribution in [3.8, 4) is 0 Å². The standard InChI is InChI=1S/C31H40FN5O3/c1-40-25-16-24(17-25)37-28-21(18-34-37)6-4-9-26(28)29(31(38)39)36-15-13-22(19-36)27(32)10-3-2-8-23-12-11-20-7-5-14-33-30(20)35-23/h4,6,9,11-12,18,22,24-25,27,29H,2-3,5,7-8,10,13-17,19H2,1H3,(H,33,35)(H,38,39)/t22-,24-,25-,27-,29+/m1/s1. The number of unbranched alkanes of at least 4 members (excludes halogenated alkanes) is 1. The van der Waals surface area contributed by atoms with Crippen molar-refractivity contribution >= 4 is 22.7 Å². The quantitative estimate of drug-likeness (QED) is 0.312. The van der Waals surface area contributed by atoms with Gasteiger partial charge in [0.2, 0.25) is 0 Å². The zero-order valence-corrected chi connectivity index (χ0v) is 23.3. The first kappa shape index (κ1) is 27.1. The Balaban J connectivity index is 1.07. The second-order valence-electron chi connectivity index (χ2n) is 11.7. The molecule has 9 heteroatoms. The molecule has 2 N–H and O–H groups in total. The molecule has 2 aliphatic heterocycles. The number of ether oxygens (including phenoxy) is 1. The summed E-state index contributed by atoms with van der Waals surface area (Å²) in [6, 6.07) is 9.43. The monoisotopic (exact) mass is 549 g/mol. The number of anilines is 1. The SMILES string of the molecule is CO[C@H]1C[C@H](n2ncc3cccc([C@@H](C(=O)O)N4CC[C@@H]([C@H](F)CCCCc5ccc6c(n5)NCCC6)C4)c32)C1. The van der Waals surface area contributed by atoms with E-state index in [4.69, 9.17) is 9.72 Å². The van der Waals surface area contributed by atoms with Crippen LogP contribution in [0.25, 0.3) is 10.9 Å². The van der Waals surface area contributed by atoms with Gasteiger partial charge in [0.15, 0.2) is 0 Å². The lowest BCUT2D eigenvalue weighted by Crippen LogP contribution is -2.35. The van der Waals surface area contributed by atoms with Crippen LogP contribution >= 0.6 is 0 Å². The minimum atomic E-state index is -0.931. The largest absolute Gasteiger partial charge is 0.480 e. The summed E-state index contributed by atoms with van der Waals surface area (Å²) in [5.41, 5.74) is 3.97. The van der Waals surface area contributed by atoms with Crippen LogP contribution < -0.4 is 5.32 Å². The van der Waals surface area contributed by atoms with E-state index in [0.29, 0.717) is 25.9 Å². The topological polar surface area (TPSA) is 92.5 Å². The summed E-state index contributed by atoms with van der Waals surface area (Å²) < 4.78 is 22.8. The first-order chi connectivity index (χ1) is 19.5. The van der Waals surface area contributed by atoms with E-state index >= 15 is 4.39 Å². The van der Waals surface area contributed by atoms with Gasteiger partial charge in [-0.25, -0.2) is 9.37 Å². The highest BCUT2D eigenvalue weighted by Crippen LogP contribution is 2.39. The number of aromatic nitrogens is 3. The molecule has 0 bridgehead atoms. The number of methoxy groups -OCH3 is 1. The molecule has 6 rings (SSSR count). The first-order valence-electron chi connectivity index (χ1n) is 14.8. The Morgan fingerprint density at radius 2 is 2.12 bits per heavy atom. The molecule has 3 atom stereocenters. The van der Waals surface area contributed by atoms with Crippen LogP contribution in [0.4, 0.5) is 10.2 Å². The van der Waals surface area contributed by atoms with Crippen molar-refractivity contribution in [2.45, 2.75) is 82.1 Å². The molecule has 0 radical (unpaired) electrons. The van der Waals surface area contributed by atoms with E-state index < -0.39 is 18.2 Å². The Labute approximate surface area is 234 Å². The highest BCUT2D eigenvalue weighted by molar-refractivity contribution is 5.88. The molecule has 3 aliphatic rings. The van der Waals surface area contributed by atoms with E-state index in [1.807, 2.05) is 34.0 Å². The fourth-order valence-corrected chi connectivity index (χ4v) is 6.78. The number of aryl methyl sites for hydroxylation is 2. The summed E-state index contributed by atoms with van der Waals surface area (Å²) in [6.07, 6.45) is 8.80. The second kappa shape index (κ2) is 11.8. The molecule has 40 heavy (non-hydrogen) atoms. The van der Waals surface area contributed by atoms with E-state index in [2.05, 4.69) is 22.5 Å². The maximum atomic E-state index is 15.4. The number of benzene rings is 1. The third kappa shape index (κ3) is 5.46. The molecule has 1 saturated heterocycles. The number of hydrogen-bond donors (Lipinski definition) is 2. The van der Waals surface area contributed by atoms with Gasteiger partial charge in [0.05, 0.1) is 23.9 Å². The number of aliphatic carboxylic acids is 1. The number of carboxylic acids is 1. The highest BCUT2D eigenvalue weighted by Gasteiger charge is 2.39. The number of nitrogens with one attached hydrogen (secondary N) is 1. The smallest absolute Gasteiger partial charge is 0.325 e. The fraction of sp³-hybridized carbons (Fsp3) is 0.581. The van der Waals surface area contributed by atoms with Crippen LogP contribution in [0.2, 0.25) is 0 Å². The van der Waals surface area contributed by atoms with Crippen molar-refractivity contribution in [2.75, 3.05) is 32.1 Å². The van der Waals surface area contributed by atoms with Crippen LogP contribution in [0.1, 0.15) is 73.9 Å². The molecule has 3 aromatic rings. The minimum absolute atomic E-state index is 0.147. The van der Waals surface area contributed by atoms with E-state index in [9.17, 15) is 9.90 Å². The molecule has 2 fully saturated rings. The molecular formula is C31H40FN5O3. The van der Waals surface area contributed by atoms with Crippen LogP contribution in [0.5, 0.6) is 0 Å². The Kier molecular flexibility index (Phi) is 8.03. The number of para-hydroxylation sites is 1. The number of pyridine rings is 1. The molecule has 8 nitrogen and oxygen atoms in total. The zero-order valence-electron chi connectivity index (χ0n) is 23.3. The van der Waals surface area contributed by atoms with Crippen molar-refractivity contribution < 1.29 is 19.0 Å². The molecule has 214 valence electrons. The lowest BCUT2D eigenvalue weighted by molar-refractivity contribution is -0.143. The summed E-state index contributed by atoms with van der Waals surface area (Å²) in [4.78, 5) is 19.3. The normalized spacial score (nSPS) is 24.3. The fourth-order valence-electron chi connectivity index (χ4n) is 6.78. The Bertz CT molecular complexity index is 1340. The zero-order chi connectivity index (χ0) is 27.6. The Morgan fingerprint density at radius 3 is 2.95 bits per heavy atom. The lowest BCUT2D eigenvalue weighted by Gasteiger charge is -2.35. The van der Waals surface area contributed by atoms with Gasteiger partial charge in [-0.3, -0.25) is 14.4 Å². The van der Waals surface area contributed by atoms with Crippen molar-refractivity contribution in [1.29, 1.82) is 0 Å². The number of carbonyl (C=O) groups is 1. The van der Waals surface area contributed by atoms with Crippen LogP contribution in [0, 0.1) is 5.92 Å². The number of alkyl halides is 1. The molecule has 1 saturated carbocycles. The predicted molar refractivity (Wildman–Crippen MR) is 152 cm³/mol. The number of carboxylic acid groups (broad SMARTS) is 1. The summed E-state index contributed by atoms with van der Waals surface area (Å²) in [5.74, 6) is -0.0328. The third-order valence-corrected chi connectivity index (χ3v) is 9.17. The maximum absolute atomic E-state index is 15.4. The molecule has 0 amide bonds. The number of hydrogen-bond acceptors (Lipinski definition) is 6. The van der Waals surface area contributed by atoms with Crippen LogP contribution in [0.3, 0.4) is 0 Å². The maximum Gasteiger partial charge on any atom is 0.325 e. The molecule has 4 heterocycles. The van der Waals surface area contributed by atoms with Crippen LogP contribution in [-0.4, -0.2) is 69.8 Å². The molecule has 0 spiro atoms. The molecule has 0 unspecified atom stereocenters. The van der Waals surface area contributed by atoms with Crippen molar-refractivity contribution in [1.82, 2.24) is 19.7 Å². The number of halogens is 1. The Morgan fingerprint density at radius 1 is 1.25 bits per heavy atom. The van der Waals surface area contributed by atoms with Gasteiger partial charge in [-0.05, 0) is 69.5 Å². The molecular weight excluding hydrogens is 509 g/mol. The lowest BCUT2D eigenvalue weighted by atomic mass is 9.89. The van der Waals surface area contributed by atoms with Gasteiger partial charge in [-0.2, -0.15) is 5.10 Å². The summed E-state index contributed by atoms with van der Waals surface area (Å²) in [6.45, 7) is 2.01. The van der Waals surface area contributed by atoms with Crippen LogP contribution in [0.15, 0.2) is 36.5 Å². The van der Waals surface area contributed by atoms with Gasteiger partial charge in [-0.1, -0.05) is 30.7 Å². The molecule has 1 aliphatic carbocycles. The average Bonchev–Trinajstić information content (AvgIpc) is 3.59. The highest BCUT2D eigenvalue weighted by atomic mass is 19.1. The summed E-state index contributed by atoms with van der Waals surface area (Å²) in [7, 11) is 1.72. The van der Waals surface area contributed by atoms with Gasteiger partial charge >= 0.3 is 5.97 Å². The number of likely N-dealkylation sites (tertiary alicyclic amines) is 1. The predicted octanol–water partition coefficient (Wildman–Crippen LogP) is 5.34. The molecule has 1 aromatic carbocycles. The van der Waals surface area contributed by atoms with Crippen molar-refractivity contribution in [3.05, 3.63) is 53.3 Å². The van der Waals surface area contributed by atoms with Gasteiger partial charge < -0.3 is 15.2 Å². The van der Waals surface area contributed by atoms with Crippen LogP contribution in [-0.2, 0) is 22.4 Å². The Hall–Kier alpha value is -3.04. The summed E-state index contributed by atoms with van der Waals surface area (Å²) >= 11 is 0. The first-order valence-corrected chi connectivity index (χ1v) is 14.8. The summed E-state index contributed by atoms with van der Waals surface area (Å²) in [5, 5.41) is 19.3. The van der Waals surface area contributed by atoms with Crippen molar-refractivity contribution in [2.24, 2.45) is 5.92 Å². The average molecular weight is 550 g/mol. The van der Waals surface area contributed by atoms with Gasteiger partial charge in [0.1, 0.15) is 18.0 Å². The van der Waals surface area contributed by atoms with E-state index in [1.165, 1.54) is 5.56 Å². The van der Waals surface area contributed by atoms with Gasteiger partial charge in [0, 0.05) is 42.8 Å². The van der Waals surface area contributed by atoms with E-state index in [1.54, 1.807) is 7.11 Å². The third-order valence-electron chi connectivity index (χ3n) is 9.17. The second-order valence-corrected chi connectivity index (χ2v) is 11.7. The number of rotatable bonds is 11. The molecule has 2 aromatic heterocycles.